The number of non-ortho nitro benzene ring substituents is 1. The topological polar surface area (TPSA) is 75.4 Å². The molecule has 1 aliphatic rings. The van der Waals surface area contributed by atoms with Crippen molar-refractivity contribution in [1.29, 1.82) is 0 Å². The molecule has 0 aromatic heterocycles. The van der Waals surface area contributed by atoms with E-state index in [1.54, 1.807) is 0 Å². The summed E-state index contributed by atoms with van der Waals surface area (Å²) in [6.45, 7) is 0.481. The third-order valence-electron chi connectivity index (χ3n) is 3.82. The Labute approximate surface area is 121 Å². The van der Waals surface area contributed by atoms with E-state index in [9.17, 15) is 24.0 Å². The maximum absolute atomic E-state index is 13.0. The van der Waals surface area contributed by atoms with Crippen LogP contribution in [0.2, 0.25) is 0 Å². The summed E-state index contributed by atoms with van der Waals surface area (Å²) in [4.78, 5) is 9.95. The number of benzene rings is 1. The van der Waals surface area contributed by atoms with Crippen molar-refractivity contribution in [2.45, 2.75) is 38.2 Å². The predicted molar refractivity (Wildman–Crippen MR) is 74.5 cm³/mol. The van der Waals surface area contributed by atoms with E-state index in [1.807, 2.05) is 0 Å². The molecule has 7 heteroatoms. The first-order valence-corrected chi connectivity index (χ1v) is 6.95. The summed E-state index contributed by atoms with van der Waals surface area (Å²) < 4.78 is 26.0. The third kappa shape index (κ3) is 4.10. The zero-order valence-electron chi connectivity index (χ0n) is 11.5. The molecular formula is C14H18F2N2O3. The quantitative estimate of drug-likeness (QED) is 0.644. The van der Waals surface area contributed by atoms with E-state index in [4.69, 9.17) is 0 Å². The Morgan fingerprint density at radius 1 is 1.43 bits per heavy atom. The van der Waals surface area contributed by atoms with Crippen molar-refractivity contribution < 1.29 is 18.8 Å². The summed E-state index contributed by atoms with van der Waals surface area (Å²) in [5.41, 5.74) is -0.486. The van der Waals surface area contributed by atoms with Crippen LogP contribution >= 0.6 is 0 Å². The number of nitro benzene ring substituents is 1. The molecule has 2 unspecified atom stereocenters. The van der Waals surface area contributed by atoms with E-state index >= 15 is 0 Å². The fourth-order valence-corrected chi connectivity index (χ4v) is 2.71. The zero-order valence-corrected chi connectivity index (χ0v) is 11.5. The Bertz CT molecular complexity index is 511. The molecule has 116 valence electrons. The number of nitrogens with zero attached hydrogens (tertiary/aromatic N) is 1. The number of hydrogen-bond donors (Lipinski definition) is 2. The Kier molecular flexibility index (Phi) is 5.06. The number of rotatable bonds is 5. The van der Waals surface area contributed by atoms with E-state index in [1.165, 1.54) is 12.1 Å². The van der Waals surface area contributed by atoms with Gasteiger partial charge in [-0.15, -0.1) is 0 Å². The molecule has 2 atom stereocenters. The average Bonchev–Trinajstić information content (AvgIpc) is 2.44. The maximum atomic E-state index is 13.0. The molecule has 1 fully saturated rings. The van der Waals surface area contributed by atoms with Crippen LogP contribution in [0.1, 0.15) is 37.7 Å². The van der Waals surface area contributed by atoms with Gasteiger partial charge in [-0.25, -0.2) is 8.78 Å². The van der Waals surface area contributed by atoms with Gasteiger partial charge >= 0.3 is 0 Å². The van der Waals surface area contributed by atoms with Crippen LogP contribution in [-0.4, -0.2) is 22.7 Å². The molecule has 2 rings (SSSR count). The molecule has 2 N–H and O–H groups in total. The first kappa shape index (κ1) is 15.6. The highest BCUT2D eigenvalue weighted by Crippen LogP contribution is 2.32. The van der Waals surface area contributed by atoms with Crippen molar-refractivity contribution in [2.75, 3.05) is 11.9 Å². The zero-order chi connectivity index (χ0) is 15.4. The molecule has 0 saturated heterocycles. The molecular weight excluding hydrogens is 282 g/mol. The van der Waals surface area contributed by atoms with Gasteiger partial charge in [0, 0.05) is 29.9 Å². The number of aliphatic hydroxyl groups excluding tert-OH is 1. The number of alkyl halides is 2. The summed E-state index contributed by atoms with van der Waals surface area (Å²) in [7, 11) is 0. The average molecular weight is 300 g/mol. The molecule has 1 aromatic rings. The molecule has 0 aliphatic heterocycles. The molecule has 0 bridgehead atoms. The lowest BCUT2D eigenvalue weighted by atomic mass is 9.87. The van der Waals surface area contributed by atoms with Crippen LogP contribution in [0.5, 0.6) is 0 Å². The van der Waals surface area contributed by atoms with Crippen molar-refractivity contribution in [1.82, 2.24) is 0 Å². The van der Waals surface area contributed by atoms with Gasteiger partial charge < -0.3 is 10.4 Å². The van der Waals surface area contributed by atoms with Crippen molar-refractivity contribution in [3.8, 4) is 0 Å². The Balaban J connectivity index is 2.06. The fourth-order valence-electron chi connectivity index (χ4n) is 2.71. The minimum Gasteiger partial charge on any atom is -0.393 e. The smallest absolute Gasteiger partial charge is 0.270 e. The molecule has 0 spiro atoms. The van der Waals surface area contributed by atoms with Gasteiger partial charge in [-0.05, 0) is 31.2 Å². The largest absolute Gasteiger partial charge is 0.393 e. The lowest BCUT2D eigenvalue weighted by molar-refractivity contribution is -0.385. The van der Waals surface area contributed by atoms with E-state index in [-0.39, 0.29) is 29.0 Å². The Morgan fingerprint density at radius 3 is 2.81 bits per heavy atom. The highest BCUT2D eigenvalue weighted by atomic mass is 19.3. The summed E-state index contributed by atoms with van der Waals surface area (Å²) >= 11 is 0. The van der Waals surface area contributed by atoms with Crippen LogP contribution < -0.4 is 5.32 Å². The first-order valence-electron chi connectivity index (χ1n) is 6.95. The van der Waals surface area contributed by atoms with Crippen LogP contribution in [0.4, 0.5) is 20.2 Å². The molecule has 1 aliphatic carbocycles. The standard InChI is InChI=1S/C14H18F2N2O3/c15-14(16)12-7-10(18(20)21)4-5-13(12)17-8-9-2-1-3-11(19)6-9/h4-5,7,9,11,14,17,19H,1-3,6,8H2. The van der Waals surface area contributed by atoms with Gasteiger partial charge in [0.05, 0.1) is 11.0 Å². The highest BCUT2D eigenvalue weighted by molar-refractivity contribution is 5.56. The minimum atomic E-state index is -2.77. The second-order valence-corrected chi connectivity index (χ2v) is 5.40. The summed E-state index contributed by atoms with van der Waals surface area (Å²) in [5.74, 6) is 0.231. The van der Waals surface area contributed by atoms with Gasteiger partial charge in [0.2, 0.25) is 0 Å². The summed E-state index contributed by atoms with van der Waals surface area (Å²) in [6, 6.07) is 3.44. The molecule has 1 saturated carbocycles. The molecule has 21 heavy (non-hydrogen) atoms. The van der Waals surface area contributed by atoms with Gasteiger partial charge in [0.25, 0.3) is 12.1 Å². The van der Waals surface area contributed by atoms with E-state index in [0.717, 1.165) is 25.3 Å². The van der Waals surface area contributed by atoms with Gasteiger partial charge in [-0.2, -0.15) is 0 Å². The Morgan fingerprint density at radius 2 is 2.19 bits per heavy atom. The van der Waals surface area contributed by atoms with Crippen molar-refractivity contribution in [3.63, 3.8) is 0 Å². The number of anilines is 1. The van der Waals surface area contributed by atoms with Crippen molar-refractivity contribution >= 4 is 11.4 Å². The molecule has 0 heterocycles. The van der Waals surface area contributed by atoms with Crippen LogP contribution in [0.15, 0.2) is 18.2 Å². The number of nitrogens with one attached hydrogen (secondary N) is 1. The highest BCUT2D eigenvalue weighted by Gasteiger charge is 2.22. The van der Waals surface area contributed by atoms with Gasteiger partial charge in [-0.1, -0.05) is 6.42 Å². The predicted octanol–water partition coefficient (Wildman–Crippen LogP) is 3.50. The third-order valence-corrected chi connectivity index (χ3v) is 3.82. The van der Waals surface area contributed by atoms with Gasteiger partial charge in [-0.3, -0.25) is 10.1 Å². The minimum absolute atomic E-state index is 0.218. The lowest BCUT2D eigenvalue weighted by Crippen LogP contribution is -2.25. The number of halogens is 2. The van der Waals surface area contributed by atoms with Gasteiger partial charge in [0.1, 0.15) is 0 Å². The SMILES string of the molecule is O=[N+]([O-])c1ccc(NCC2CCCC(O)C2)c(C(F)F)c1. The maximum Gasteiger partial charge on any atom is 0.270 e. The lowest BCUT2D eigenvalue weighted by Gasteiger charge is -2.26. The molecule has 5 nitrogen and oxygen atoms in total. The molecule has 0 amide bonds. The van der Waals surface area contributed by atoms with E-state index in [0.29, 0.717) is 13.0 Å². The first-order chi connectivity index (χ1) is 9.97. The number of nitro groups is 1. The van der Waals surface area contributed by atoms with Crippen LogP contribution in [-0.2, 0) is 0 Å². The van der Waals surface area contributed by atoms with Crippen LogP contribution in [0.25, 0.3) is 0 Å². The molecule has 0 radical (unpaired) electrons. The van der Waals surface area contributed by atoms with Crippen LogP contribution in [0, 0.1) is 16.0 Å². The second-order valence-electron chi connectivity index (χ2n) is 5.40. The number of hydrogen-bond acceptors (Lipinski definition) is 4. The second kappa shape index (κ2) is 6.80. The van der Waals surface area contributed by atoms with Crippen molar-refractivity contribution in [3.05, 3.63) is 33.9 Å². The summed E-state index contributed by atoms with van der Waals surface area (Å²) in [6.07, 6.45) is 0.220. The fraction of sp³-hybridized carbons (Fsp3) is 0.571. The molecule has 1 aromatic carbocycles. The number of aliphatic hydroxyl groups is 1. The van der Waals surface area contributed by atoms with E-state index < -0.39 is 11.3 Å². The Hall–Kier alpha value is -1.76. The van der Waals surface area contributed by atoms with Gasteiger partial charge in [0.15, 0.2) is 0 Å². The van der Waals surface area contributed by atoms with E-state index in [2.05, 4.69) is 5.32 Å². The monoisotopic (exact) mass is 300 g/mol. The van der Waals surface area contributed by atoms with Crippen LogP contribution in [0.3, 0.4) is 0 Å². The normalized spacial score (nSPS) is 22.3. The van der Waals surface area contributed by atoms with Crippen molar-refractivity contribution in [2.24, 2.45) is 5.92 Å². The summed E-state index contributed by atoms with van der Waals surface area (Å²) in [5, 5.41) is 23.2.